The fraction of sp³-hybridized carbons (Fsp3) is 0.600. The lowest BCUT2D eigenvalue weighted by atomic mass is 9.98. The zero-order valence-electron chi connectivity index (χ0n) is 16.3. The molecule has 4 atom stereocenters. The first kappa shape index (κ1) is 20.7. The Kier molecular flexibility index (Phi) is 6.05. The Morgan fingerprint density at radius 1 is 1.07 bits per heavy atom. The van der Waals surface area contributed by atoms with Crippen molar-refractivity contribution in [1.82, 2.24) is 4.90 Å². The van der Waals surface area contributed by atoms with Crippen molar-refractivity contribution in [2.45, 2.75) is 25.3 Å². The number of hydrogen-bond donors (Lipinski definition) is 1. The van der Waals surface area contributed by atoms with Crippen LogP contribution in [0.1, 0.15) is 19.3 Å². The Morgan fingerprint density at radius 3 is 2.36 bits per heavy atom. The van der Waals surface area contributed by atoms with Gasteiger partial charge < -0.3 is 25.0 Å². The van der Waals surface area contributed by atoms with Crippen LogP contribution >= 0.6 is 12.4 Å². The van der Waals surface area contributed by atoms with Gasteiger partial charge in [-0.3, -0.25) is 9.59 Å². The molecule has 2 aliphatic heterocycles. The molecule has 0 bridgehead atoms. The van der Waals surface area contributed by atoms with Crippen LogP contribution in [0, 0.1) is 17.8 Å². The molecule has 1 aromatic rings. The van der Waals surface area contributed by atoms with E-state index in [9.17, 15) is 9.59 Å². The lowest BCUT2D eigenvalue weighted by molar-refractivity contribution is -0.135. The summed E-state index contributed by atoms with van der Waals surface area (Å²) in [5.41, 5.74) is 6.89. The summed E-state index contributed by atoms with van der Waals surface area (Å²) < 4.78 is 10.6. The average Bonchev–Trinajstić information content (AvgIpc) is 3.36. The molecule has 4 unspecified atom stereocenters. The van der Waals surface area contributed by atoms with Gasteiger partial charge in [-0.2, -0.15) is 0 Å². The predicted molar refractivity (Wildman–Crippen MR) is 108 cm³/mol. The minimum atomic E-state index is -0.301. The number of nitrogens with two attached hydrogens (primary N) is 1. The van der Waals surface area contributed by atoms with Gasteiger partial charge in [0.2, 0.25) is 11.8 Å². The van der Waals surface area contributed by atoms with Crippen LogP contribution in [0.25, 0.3) is 0 Å². The van der Waals surface area contributed by atoms with Crippen LogP contribution in [-0.4, -0.2) is 56.6 Å². The monoisotopic (exact) mass is 409 g/mol. The van der Waals surface area contributed by atoms with Crippen molar-refractivity contribution in [3.05, 3.63) is 18.2 Å². The number of nitrogens with zero attached hydrogens (tertiary/aromatic N) is 2. The van der Waals surface area contributed by atoms with E-state index in [2.05, 4.69) is 0 Å². The van der Waals surface area contributed by atoms with Crippen LogP contribution in [0.3, 0.4) is 0 Å². The molecule has 0 spiro atoms. The topological polar surface area (TPSA) is 85.1 Å². The van der Waals surface area contributed by atoms with Gasteiger partial charge in [-0.25, -0.2) is 0 Å². The Bertz CT molecular complexity index is 737. The summed E-state index contributed by atoms with van der Waals surface area (Å²) in [4.78, 5) is 29.2. The second-order valence-corrected chi connectivity index (χ2v) is 7.88. The molecule has 3 fully saturated rings. The van der Waals surface area contributed by atoms with Crippen LogP contribution in [0.15, 0.2) is 18.2 Å². The third-order valence-corrected chi connectivity index (χ3v) is 6.35. The van der Waals surface area contributed by atoms with Crippen LogP contribution < -0.4 is 20.1 Å². The number of rotatable bonds is 4. The third kappa shape index (κ3) is 3.65. The zero-order valence-corrected chi connectivity index (χ0v) is 17.1. The normalized spacial score (nSPS) is 28.9. The van der Waals surface area contributed by atoms with Crippen LogP contribution in [0.5, 0.6) is 11.5 Å². The average molecular weight is 410 g/mol. The summed E-state index contributed by atoms with van der Waals surface area (Å²) in [6.07, 6.45) is 2.41. The van der Waals surface area contributed by atoms with Gasteiger partial charge in [0.1, 0.15) is 11.5 Å². The molecule has 4 rings (SSSR count). The summed E-state index contributed by atoms with van der Waals surface area (Å²) in [6.45, 7) is 1.92. The molecule has 7 nitrogen and oxygen atoms in total. The van der Waals surface area contributed by atoms with Crippen molar-refractivity contribution in [2.24, 2.45) is 23.5 Å². The summed E-state index contributed by atoms with van der Waals surface area (Å²) >= 11 is 0. The Morgan fingerprint density at radius 2 is 1.75 bits per heavy atom. The van der Waals surface area contributed by atoms with Gasteiger partial charge in [0.15, 0.2) is 0 Å². The fourth-order valence-corrected chi connectivity index (χ4v) is 4.82. The van der Waals surface area contributed by atoms with Crippen molar-refractivity contribution in [3.63, 3.8) is 0 Å². The minimum Gasteiger partial charge on any atom is -0.497 e. The van der Waals surface area contributed by atoms with E-state index in [4.69, 9.17) is 15.2 Å². The number of anilines is 1. The van der Waals surface area contributed by atoms with Gasteiger partial charge in [-0.15, -0.1) is 12.4 Å². The molecule has 2 heterocycles. The standard InChI is InChI=1S/C20H27N3O4.ClH/c1-26-15-6-14(7-16(8-15)27-2)23-10-13(5-19(23)24)20(25)22-9-12-3-4-18(21)17(12)11-22;/h6-8,12-13,17-18H,3-5,9-11,21H2,1-2H3;1H. The molecule has 28 heavy (non-hydrogen) atoms. The molecular formula is C20H28ClN3O4. The number of ether oxygens (including phenoxy) is 2. The fourth-order valence-electron chi connectivity index (χ4n) is 4.82. The molecule has 154 valence electrons. The highest BCUT2D eigenvalue weighted by atomic mass is 35.5. The smallest absolute Gasteiger partial charge is 0.228 e. The van der Waals surface area contributed by atoms with Crippen molar-refractivity contribution in [1.29, 1.82) is 0 Å². The highest BCUT2D eigenvalue weighted by Crippen LogP contribution is 2.39. The highest BCUT2D eigenvalue weighted by Gasteiger charge is 2.45. The second kappa shape index (κ2) is 8.17. The van der Waals surface area contributed by atoms with Gasteiger partial charge in [-0.05, 0) is 24.7 Å². The Balaban J connectivity index is 0.00000225. The van der Waals surface area contributed by atoms with E-state index < -0.39 is 0 Å². The van der Waals surface area contributed by atoms with Gasteiger partial charge >= 0.3 is 0 Å². The molecule has 2 saturated heterocycles. The van der Waals surface area contributed by atoms with Crippen molar-refractivity contribution in [2.75, 3.05) is 38.8 Å². The maximum atomic E-state index is 13.0. The lowest BCUT2D eigenvalue weighted by Gasteiger charge is -2.23. The van der Waals surface area contributed by atoms with E-state index in [1.165, 1.54) is 0 Å². The maximum absolute atomic E-state index is 13.0. The van der Waals surface area contributed by atoms with Crippen molar-refractivity contribution < 1.29 is 19.1 Å². The van der Waals surface area contributed by atoms with Crippen LogP contribution in [-0.2, 0) is 9.59 Å². The Hall–Kier alpha value is -1.99. The molecule has 1 aliphatic carbocycles. The third-order valence-electron chi connectivity index (χ3n) is 6.35. The van der Waals surface area contributed by atoms with E-state index in [0.717, 1.165) is 25.9 Å². The van der Waals surface area contributed by atoms with Crippen LogP contribution in [0.2, 0.25) is 0 Å². The molecular weight excluding hydrogens is 382 g/mol. The first-order chi connectivity index (χ1) is 13.0. The SMILES string of the molecule is COc1cc(OC)cc(N2CC(C(=O)N3CC4CCC(N)C4C3)CC2=O)c1.Cl. The molecule has 2 amide bonds. The van der Waals surface area contributed by atoms with E-state index in [1.807, 2.05) is 4.90 Å². The predicted octanol–water partition coefficient (Wildman–Crippen LogP) is 1.67. The molecule has 0 aromatic heterocycles. The van der Waals surface area contributed by atoms with E-state index in [0.29, 0.717) is 35.6 Å². The first-order valence-electron chi connectivity index (χ1n) is 9.58. The zero-order chi connectivity index (χ0) is 19.1. The van der Waals surface area contributed by atoms with Crippen molar-refractivity contribution in [3.8, 4) is 11.5 Å². The van der Waals surface area contributed by atoms with E-state index in [1.54, 1.807) is 37.3 Å². The van der Waals surface area contributed by atoms with E-state index in [-0.39, 0.29) is 42.6 Å². The number of carbonyl (C=O) groups excluding carboxylic acids is 2. The number of benzene rings is 1. The number of halogens is 1. The molecule has 1 aromatic carbocycles. The van der Waals surface area contributed by atoms with Crippen molar-refractivity contribution >= 4 is 29.9 Å². The first-order valence-corrected chi connectivity index (χ1v) is 9.58. The van der Waals surface area contributed by atoms with Gasteiger partial charge in [0.05, 0.1) is 25.8 Å². The second-order valence-electron chi connectivity index (χ2n) is 7.88. The number of hydrogen-bond acceptors (Lipinski definition) is 5. The number of amides is 2. The molecule has 2 N–H and O–H groups in total. The molecule has 8 heteroatoms. The molecule has 0 radical (unpaired) electrons. The van der Waals surface area contributed by atoms with Gasteiger partial charge in [0, 0.05) is 50.3 Å². The number of fused-ring (bicyclic) bond motifs is 1. The maximum Gasteiger partial charge on any atom is 0.228 e. The lowest BCUT2D eigenvalue weighted by Crippen LogP contribution is -2.38. The number of carbonyl (C=O) groups is 2. The number of methoxy groups -OCH3 is 2. The molecule has 3 aliphatic rings. The molecule has 1 saturated carbocycles. The van der Waals surface area contributed by atoms with Gasteiger partial charge in [-0.1, -0.05) is 0 Å². The summed E-state index contributed by atoms with van der Waals surface area (Å²) in [6, 6.07) is 5.57. The van der Waals surface area contributed by atoms with Gasteiger partial charge in [0.25, 0.3) is 0 Å². The number of likely N-dealkylation sites (tertiary alicyclic amines) is 1. The summed E-state index contributed by atoms with van der Waals surface area (Å²) in [5.74, 6) is 1.93. The quantitative estimate of drug-likeness (QED) is 0.817. The summed E-state index contributed by atoms with van der Waals surface area (Å²) in [5, 5.41) is 0. The highest BCUT2D eigenvalue weighted by molar-refractivity contribution is 6.00. The largest absolute Gasteiger partial charge is 0.497 e. The minimum absolute atomic E-state index is 0. The summed E-state index contributed by atoms with van der Waals surface area (Å²) in [7, 11) is 3.15. The van der Waals surface area contributed by atoms with Crippen LogP contribution in [0.4, 0.5) is 5.69 Å². The van der Waals surface area contributed by atoms with E-state index >= 15 is 0 Å². The Labute approximate surface area is 171 Å².